The first kappa shape index (κ1) is 21.6. The summed E-state index contributed by atoms with van der Waals surface area (Å²) in [6, 6.07) is 8.03. The van der Waals surface area contributed by atoms with Crippen LogP contribution < -0.4 is 9.64 Å². The molecule has 1 aromatic carbocycles. The second kappa shape index (κ2) is 9.64. The summed E-state index contributed by atoms with van der Waals surface area (Å²) in [7, 11) is 5.58. The zero-order valence-electron chi connectivity index (χ0n) is 18.7. The zero-order valence-corrected chi connectivity index (χ0v) is 18.7. The summed E-state index contributed by atoms with van der Waals surface area (Å²) in [5.41, 5.74) is 3.20. The number of aromatic nitrogens is 2. The Morgan fingerprint density at radius 2 is 1.94 bits per heavy atom. The van der Waals surface area contributed by atoms with Gasteiger partial charge < -0.3 is 19.3 Å². The summed E-state index contributed by atoms with van der Waals surface area (Å²) in [6.07, 6.45) is 6.43. The second-order valence-electron chi connectivity index (χ2n) is 8.59. The van der Waals surface area contributed by atoms with Crippen molar-refractivity contribution < 1.29 is 14.3 Å². The van der Waals surface area contributed by atoms with E-state index in [-0.39, 0.29) is 12.0 Å². The van der Waals surface area contributed by atoms with Crippen molar-refractivity contribution in [1.82, 2.24) is 14.9 Å². The summed E-state index contributed by atoms with van der Waals surface area (Å²) in [6.45, 7) is 2.31. The van der Waals surface area contributed by atoms with E-state index < -0.39 is 0 Å². The van der Waals surface area contributed by atoms with Gasteiger partial charge in [-0.3, -0.25) is 4.79 Å². The van der Waals surface area contributed by atoms with Gasteiger partial charge in [0.2, 0.25) is 11.9 Å². The van der Waals surface area contributed by atoms with E-state index in [0.29, 0.717) is 18.3 Å². The van der Waals surface area contributed by atoms with Crippen molar-refractivity contribution in [1.29, 1.82) is 0 Å². The van der Waals surface area contributed by atoms with Crippen molar-refractivity contribution in [2.75, 3.05) is 45.8 Å². The standard InChI is InChI=1S/C24H32N4O3/c1-27(2)24-25-16-21(17-6-8-19(30-3)9-7-17)23(26-24)18-10-12-28(13-11-18)22(29)15-20-5-4-14-31-20/h6-9,16,18,20H,4-5,10-15H2,1-3H3/t20-/m0/s1. The number of hydrogen-bond acceptors (Lipinski definition) is 6. The van der Waals surface area contributed by atoms with E-state index in [2.05, 4.69) is 17.1 Å². The third-order valence-electron chi connectivity index (χ3n) is 6.27. The molecule has 7 heteroatoms. The van der Waals surface area contributed by atoms with Crippen molar-refractivity contribution in [2.24, 2.45) is 0 Å². The second-order valence-corrected chi connectivity index (χ2v) is 8.59. The molecule has 2 aliphatic heterocycles. The Balaban J connectivity index is 1.51. The van der Waals surface area contributed by atoms with Crippen LogP contribution in [0.4, 0.5) is 5.95 Å². The average molecular weight is 425 g/mol. The molecule has 3 heterocycles. The quantitative estimate of drug-likeness (QED) is 0.707. The van der Waals surface area contributed by atoms with E-state index in [9.17, 15) is 4.79 Å². The third kappa shape index (κ3) is 4.98. The van der Waals surface area contributed by atoms with Crippen molar-refractivity contribution in [3.05, 3.63) is 36.2 Å². The number of amides is 1. The largest absolute Gasteiger partial charge is 0.497 e. The lowest BCUT2D eigenvalue weighted by Gasteiger charge is -2.33. The van der Waals surface area contributed by atoms with Crippen LogP contribution in [0.15, 0.2) is 30.5 Å². The van der Waals surface area contributed by atoms with E-state index in [1.165, 1.54) is 0 Å². The van der Waals surface area contributed by atoms with Gasteiger partial charge in [-0.15, -0.1) is 0 Å². The fourth-order valence-corrected chi connectivity index (χ4v) is 4.44. The summed E-state index contributed by atoms with van der Waals surface area (Å²) in [4.78, 5) is 26.1. The number of anilines is 1. The summed E-state index contributed by atoms with van der Waals surface area (Å²) in [5, 5.41) is 0. The molecule has 31 heavy (non-hydrogen) atoms. The molecular weight excluding hydrogens is 392 g/mol. The molecule has 1 atom stereocenters. The Morgan fingerprint density at radius 1 is 1.19 bits per heavy atom. The van der Waals surface area contributed by atoms with Crippen LogP contribution >= 0.6 is 0 Å². The van der Waals surface area contributed by atoms with Crippen LogP contribution in [0.3, 0.4) is 0 Å². The molecule has 2 aromatic rings. The number of benzene rings is 1. The normalized spacial score (nSPS) is 19.5. The molecule has 0 radical (unpaired) electrons. The molecule has 7 nitrogen and oxygen atoms in total. The predicted octanol–water partition coefficient (Wildman–Crippen LogP) is 3.49. The number of nitrogens with zero attached hydrogens (tertiary/aromatic N) is 4. The van der Waals surface area contributed by atoms with Crippen LogP contribution in [0, 0.1) is 0 Å². The van der Waals surface area contributed by atoms with Gasteiger partial charge in [0, 0.05) is 51.5 Å². The van der Waals surface area contributed by atoms with E-state index in [4.69, 9.17) is 14.5 Å². The smallest absolute Gasteiger partial charge is 0.225 e. The Hall–Kier alpha value is -2.67. The molecule has 2 saturated heterocycles. The van der Waals surface area contributed by atoms with Crippen LogP contribution in [0.1, 0.15) is 43.7 Å². The van der Waals surface area contributed by atoms with Gasteiger partial charge in [-0.1, -0.05) is 12.1 Å². The topological polar surface area (TPSA) is 67.8 Å². The lowest BCUT2D eigenvalue weighted by Crippen LogP contribution is -2.39. The Morgan fingerprint density at radius 3 is 2.55 bits per heavy atom. The Kier molecular flexibility index (Phi) is 6.70. The van der Waals surface area contributed by atoms with E-state index >= 15 is 0 Å². The molecule has 1 aromatic heterocycles. The lowest BCUT2D eigenvalue weighted by atomic mass is 9.88. The van der Waals surface area contributed by atoms with Crippen molar-refractivity contribution in [3.63, 3.8) is 0 Å². The number of ether oxygens (including phenoxy) is 2. The molecule has 0 spiro atoms. The van der Waals surface area contributed by atoms with Gasteiger partial charge in [0.15, 0.2) is 0 Å². The minimum atomic E-state index is 0.108. The van der Waals surface area contributed by atoms with E-state index in [1.54, 1.807) is 7.11 Å². The number of carbonyl (C=O) groups excluding carboxylic acids is 1. The maximum absolute atomic E-state index is 12.7. The number of carbonyl (C=O) groups is 1. The number of rotatable bonds is 6. The zero-order chi connectivity index (χ0) is 21.8. The highest BCUT2D eigenvalue weighted by molar-refractivity contribution is 5.77. The first-order valence-corrected chi connectivity index (χ1v) is 11.1. The SMILES string of the molecule is COc1ccc(-c2cnc(N(C)C)nc2C2CCN(C(=O)C[C@@H]3CCCO3)CC2)cc1. The molecule has 1 amide bonds. The number of likely N-dealkylation sites (tertiary alicyclic amines) is 1. The molecule has 2 fully saturated rings. The molecule has 4 rings (SSSR count). The minimum Gasteiger partial charge on any atom is -0.497 e. The van der Waals surface area contributed by atoms with Crippen LogP contribution in [0.25, 0.3) is 11.1 Å². The number of methoxy groups -OCH3 is 1. The summed E-state index contributed by atoms with van der Waals surface area (Å²) < 4.78 is 10.9. The highest BCUT2D eigenvalue weighted by Gasteiger charge is 2.29. The highest BCUT2D eigenvalue weighted by atomic mass is 16.5. The molecule has 0 bridgehead atoms. The van der Waals surface area contributed by atoms with Gasteiger partial charge in [-0.05, 0) is 43.4 Å². The number of hydrogen-bond donors (Lipinski definition) is 0. The van der Waals surface area contributed by atoms with Crippen LogP contribution in [-0.4, -0.2) is 67.8 Å². The van der Waals surface area contributed by atoms with Crippen LogP contribution in [0.5, 0.6) is 5.75 Å². The summed E-state index contributed by atoms with van der Waals surface area (Å²) >= 11 is 0. The van der Waals surface area contributed by atoms with Crippen LogP contribution in [-0.2, 0) is 9.53 Å². The number of piperidine rings is 1. The first-order valence-electron chi connectivity index (χ1n) is 11.1. The van der Waals surface area contributed by atoms with Gasteiger partial charge in [0.25, 0.3) is 0 Å². The molecule has 0 unspecified atom stereocenters. The van der Waals surface area contributed by atoms with Gasteiger partial charge >= 0.3 is 0 Å². The van der Waals surface area contributed by atoms with Gasteiger partial charge in [-0.25, -0.2) is 9.97 Å². The third-order valence-corrected chi connectivity index (χ3v) is 6.27. The molecule has 0 aliphatic carbocycles. The molecular formula is C24H32N4O3. The Bertz CT molecular complexity index is 886. The van der Waals surface area contributed by atoms with Crippen molar-refractivity contribution in [3.8, 4) is 16.9 Å². The van der Waals surface area contributed by atoms with Crippen molar-refractivity contribution >= 4 is 11.9 Å². The van der Waals surface area contributed by atoms with Gasteiger partial charge in [0.1, 0.15) is 5.75 Å². The molecule has 2 aliphatic rings. The molecule has 0 saturated carbocycles. The first-order chi connectivity index (χ1) is 15.0. The maximum atomic E-state index is 12.7. The van der Waals surface area contributed by atoms with E-state index in [0.717, 1.165) is 68.0 Å². The average Bonchev–Trinajstić information content (AvgIpc) is 3.32. The lowest BCUT2D eigenvalue weighted by molar-refractivity contribution is -0.134. The maximum Gasteiger partial charge on any atom is 0.225 e. The summed E-state index contributed by atoms with van der Waals surface area (Å²) in [5.74, 6) is 2.06. The molecule has 0 N–H and O–H groups in total. The highest BCUT2D eigenvalue weighted by Crippen LogP contribution is 2.35. The van der Waals surface area contributed by atoms with Crippen molar-refractivity contribution in [2.45, 2.75) is 44.1 Å². The fraction of sp³-hybridized carbons (Fsp3) is 0.542. The van der Waals surface area contributed by atoms with Gasteiger partial charge in [0.05, 0.1) is 25.3 Å². The fourth-order valence-electron chi connectivity index (χ4n) is 4.44. The minimum absolute atomic E-state index is 0.108. The monoisotopic (exact) mass is 424 g/mol. The molecule has 166 valence electrons. The van der Waals surface area contributed by atoms with Crippen LogP contribution in [0.2, 0.25) is 0 Å². The Labute approximate surface area is 184 Å². The van der Waals surface area contributed by atoms with E-state index in [1.807, 2.05) is 42.2 Å². The van der Waals surface area contributed by atoms with Gasteiger partial charge in [-0.2, -0.15) is 0 Å². The predicted molar refractivity (Wildman–Crippen MR) is 120 cm³/mol.